The second-order valence-electron chi connectivity index (χ2n) is 6.75. The van der Waals surface area contributed by atoms with E-state index in [1.54, 1.807) is 11.0 Å². The summed E-state index contributed by atoms with van der Waals surface area (Å²) in [5, 5.41) is 7.11. The fourth-order valence-electron chi connectivity index (χ4n) is 3.68. The largest absolute Gasteiger partial charge is 0.350 e. The van der Waals surface area contributed by atoms with E-state index in [0.717, 1.165) is 24.9 Å². The highest BCUT2D eigenvalue weighted by Crippen LogP contribution is 2.22. The van der Waals surface area contributed by atoms with Gasteiger partial charge in [-0.05, 0) is 12.8 Å². The molecule has 0 bridgehead atoms. The maximum atomic E-state index is 12.8. The average Bonchev–Trinajstić information content (AvgIpc) is 3.19. The molecular weight excluding hydrogens is 368 g/mol. The van der Waals surface area contributed by atoms with Gasteiger partial charge in [-0.15, -0.1) is 12.4 Å². The number of hydrogen-bond donors (Lipinski definition) is 1. The van der Waals surface area contributed by atoms with Gasteiger partial charge in [0.25, 0.3) is 5.91 Å². The Bertz CT molecular complexity index is 795. The molecule has 1 N–H and O–H groups in total. The number of piperazine rings is 1. The van der Waals surface area contributed by atoms with Crippen LogP contribution in [-0.4, -0.2) is 65.5 Å². The summed E-state index contributed by atoms with van der Waals surface area (Å²) in [4.78, 5) is 28.6. The van der Waals surface area contributed by atoms with E-state index >= 15 is 0 Å². The Hall–Kier alpha value is -2.38. The summed E-state index contributed by atoms with van der Waals surface area (Å²) < 4.78 is 5.30. The van der Waals surface area contributed by atoms with Crippen LogP contribution in [0.1, 0.15) is 23.4 Å². The van der Waals surface area contributed by atoms with Gasteiger partial charge in [-0.3, -0.25) is 9.59 Å². The van der Waals surface area contributed by atoms with Crippen LogP contribution in [0, 0.1) is 0 Å². The predicted molar refractivity (Wildman–Crippen MR) is 103 cm³/mol. The summed E-state index contributed by atoms with van der Waals surface area (Å²) in [5.74, 6) is 0.199. The highest BCUT2D eigenvalue weighted by atomic mass is 35.5. The minimum atomic E-state index is -0.160. The third-order valence-electron chi connectivity index (χ3n) is 5.04. The van der Waals surface area contributed by atoms with Gasteiger partial charge in [0.15, 0.2) is 0 Å². The highest BCUT2D eigenvalue weighted by Gasteiger charge is 2.33. The first-order valence-electron chi connectivity index (χ1n) is 9.04. The van der Waals surface area contributed by atoms with Crippen LogP contribution >= 0.6 is 12.4 Å². The molecule has 3 heterocycles. The van der Waals surface area contributed by atoms with Crippen LogP contribution in [0.4, 0.5) is 0 Å². The molecule has 0 spiro atoms. The Morgan fingerprint density at radius 3 is 2.81 bits per heavy atom. The molecule has 2 aliphatic heterocycles. The predicted octanol–water partition coefficient (Wildman–Crippen LogP) is 1.80. The zero-order valence-electron chi connectivity index (χ0n) is 15.0. The van der Waals surface area contributed by atoms with E-state index in [1.165, 1.54) is 0 Å². The standard InChI is InChI=1S/C19H22N4O3.ClH/c24-18-12-20-8-10-23(18)15-7-4-9-22(13-15)19(25)17-11-16(21-26-17)14-5-2-1-3-6-14;/h1-3,5-6,11,15,20H,4,7-10,12-13H2;1H. The molecule has 8 heteroatoms. The smallest absolute Gasteiger partial charge is 0.292 e. The first kappa shape index (κ1) is 19.4. The van der Waals surface area contributed by atoms with Crippen molar-refractivity contribution in [1.82, 2.24) is 20.3 Å². The van der Waals surface area contributed by atoms with Crippen molar-refractivity contribution in [2.24, 2.45) is 0 Å². The van der Waals surface area contributed by atoms with Crippen LogP contribution in [-0.2, 0) is 4.79 Å². The summed E-state index contributed by atoms with van der Waals surface area (Å²) in [5.41, 5.74) is 1.57. The topological polar surface area (TPSA) is 78.7 Å². The lowest BCUT2D eigenvalue weighted by atomic mass is 10.0. The molecule has 1 aromatic carbocycles. The van der Waals surface area contributed by atoms with Gasteiger partial charge in [-0.2, -0.15) is 0 Å². The van der Waals surface area contributed by atoms with Crippen molar-refractivity contribution in [1.29, 1.82) is 0 Å². The van der Waals surface area contributed by atoms with Crippen molar-refractivity contribution < 1.29 is 14.1 Å². The molecule has 0 saturated carbocycles. The minimum absolute atomic E-state index is 0. The zero-order chi connectivity index (χ0) is 17.9. The van der Waals surface area contributed by atoms with Crippen molar-refractivity contribution in [2.45, 2.75) is 18.9 Å². The third-order valence-corrected chi connectivity index (χ3v) is 5.04. The number of likely N-dealkylation sites (tertiary alicyclic amines) is 1. The molecule has 7 nitrogen and oxygen atoms in total. The quantitative estimate of drug-likeness (QED) is 0.864. The van der Waals surface area contributed by atoms with Gasteiger partial charge < -0.3 is 19.6 Å². The Morgan fingerprint density at radius 2 is 2.04 bits per heavy atom. The highest BCUT2D eigenvalue weighted by molar-refractivity contribution is 5.92. The lowest BCUT2D eigenvalue weighted by Gasteiger charge is -2.40. The fourth-order valence-corrected chi connectivity index (χ4v) is 3.68. The van der Waals surface area contributed by atoms with Crippen LogP contribution in [0.25, 0.3) is 11.3 Å². The minimum Gasteiger partial charge on any atom is -0.350 e. The number of halogens is 1. The van der Waals surface area contributed by atoms with Crippen molar-refractivity contribution in [3.05, 3.63) is 42.2 Å². The lowest BCUT2D eigenvalue weighted by Crippen LogP contribution is -2.57. The Morgan fingerprint density at radius 1 is 1.22 bits per heavy atom. The molecule has 2 saturated heterocycles. The number of aromatic nitrogens is 1. The number of nitrogens with zero attached hydrogens (tertiary/aromatic N) is 3. The number of hydrogen-bond acceptors (Lipinski definition) is 5. The van der Waals surface area contributed by atoms with Gasteiger partial charge in [0.05, 0.1) is 6.54 Å². The lowest BCUT2D eigenvalue weighted by molar-refractivity contribution is -0.135. The molecule has 2 aromatic rings. The second-order valence-corrected chi connectivity index (χ2v) is 6.75. The Labute approximate surface area is 164 Å². The Kier molecular flexibility index (Phi) is 6.13. The van der Waals surface area contributed by atoms with E-state index in [0.29, 0.717) is 31.9 Å². The van der Waals surface area contributed by atoms with Gasteiger partial charge in [0.1, 0.15) is 5.69 Å². The maximum Gasteiger partial charge on any atom is 0.292 e. The molecule has 27 heavy (non-hydrogen) atoms. The molecule has 1 atom stereocenters. The summed E-state index contributed by atoms with van der Waals surface area (Å²) in [6.07, 6.45) is 1.81. The van der Waals surface area contributed by atoms with Gasteiger partial charge in [0, 0.05) is 43.9 Å². The molecule has 2 fully saturated rings. The van der Waals surface area contributed by atoms with Gasteiger partial charge in [-0.1, -0.05) is 35.5 Å². The summed E-state index contributed by atoms with van der Waals surface area (Å²) in [6.45, 7) is 3.11. The molecule has 0 aliphatic carbocycles. The molecule has 2 amide bonds. The monoisotopic (exact) mass is 390 g/mol. The maximum absolute atomic E-state index is 12.8. The second kappa shape index (κ2) is 8.54. The summed E-state index contributed by atoms with van der Waals surface area (Å²) in [6, 6.07) is 11.4. The van der Waals surface area contributed by atoms with Crippen molar-refractivity contribution >= 4 is 24.2 Å². The molecule has 0 radical (unpaired) electrons. The molecule has 144 valence electrons. The summed E-state index contributed by atoms with van der Waals surface area (Å²) >= 11 is 0. The zero-order valence-corrected chi connectivity index (χ0v) is 15.8. The van der Waals surface area contributed by atoms with Crippen molar-refractivity contribution in [3.63, 3.8) is 0 Å². The first-order valence-corrected chi connectivity index (χ1v) is 9.04. The van der Waals surface area contributed by atoms with E-state index in [2.05, 4.69) is 10.5 Å². The number of rotatable bonds is 3. The molecule has 2 aliphatic rings. The van der Waals surface area contributed by atoms with Crippen molar-refractivity contribution in [2.75, 3.05) is 32.7 Å². The van der Waals surface area contributed by atoms with E-state index in [4.69, 9.17) is 4.52 Å². The van der Waals surface area contributed by atoms with E-state index in [-0.39, 0.29) is 36.0 Å². The number of benzene rings is 1. The number of amides is 2. The number of piperidine rings is 1. The molecular formula is C19H23ClN4O3. The normalized spacial score (nSPS) is 20.3. The molecule has 1 unspecified atom stereocenters. The Balaban J connectivity index is 0.00000210. The number of carbonyl (C=O) groups is 2. The molecule has 4 rings (SSSR count). The van der Waals surface area contributed by atoms with Crippen LogP contribution in [0.2, 0.25) is 0 Å². The average molecular weight is 391 g/mol. The first-order chi connectivity index (χ1) is 12.7. The van der Waals surface area contributed by atoms with E-state index in [1.807, 2.05) is 35.2 Å². The van der Waals surface area contributed by atoms with Crippen LogP contribution in [0.5, 0.6) is 0 Å². The van der Waals surface area contributed by atoms with E-state index in [9.17, 15) is 9.59 Å². The van der Waals surface area contributed by atoms with Gasteiger partial charge in [-0.25, -0.2) is 0 Å². The van der Waals surface area contributed by atoms with Gasteiger partial charge >= 0.3 is 0 Å². The van der Waals surface area contributed by atoms with Gasteiger partial charge in [0.2, 0.25) is 11.7 Å². The van der Waals surface area contributed by atoms with Crippen LogP contribution < -0.4 is 5.32 Å². The third kappa shape index (κ3) is 4.14. The molecule has 1 aromatic heterocycles. The fraction of sp³-hybridized carbons (Fsp3) is 0.421. The summed E-state index contributed by atoms with van der Waals surface area (Å²) in [7, 11) is 0. The number of carbonyl (C=O) groups excluding carboxylic acids is 2. The van der Waals surface area contributed by atoms with Crippen LogP contribution in [0.15, 0.2) is 40.9 Å². The van der Waals surface area contributed by atoms with E-state index < -0.39 is 0 Å². The number of nitrogens with one attached hydrogen (secondary N) is 1. The van der Waals surface area contributed by atoms with Crippen LogP contribution in [0.3, 0.4) is 0 Å². The van der Waals surface area contributed by atoms with Crippen molar-refractivity contribution in [3.8, 4) is 11.3 Å². The SMILES string of the molecule is Cl.O=C(c1cc(-c2ccccc2)no1)N1CCCC(N2CCNCC2=O)C1.